The number of aromatic nitrogens is 2. The summed E-state index contributed by atoms with van der Waals surface area (Å²) >= 11 is 0. The highest BCUT2D eigenvalue weighted by atomic mass is 127. The second kappa shape index (κ2) is 13.4. The first-order valence-electron chi connectivity index (χ1n) is 9.72. The number of guanidine groups is 1. The van der Waals surface area contributed by atoms with Crippen molar-refractivity contribution in [2.45, 2.75) is 71.3 Å². The summed E-state index contributed by atoms with van der Waals surface area (Å²) in [7, 11) is 1.85. The van der Waals surface area contributed by atoms with Gasteiger partial charge < -0.3 is 15.2 Å². The Bertz CT molecular complexity index is 480. The van der Waals surface area contributed by atoms with Crippen molar-refractivity contribution < 1.29 is 0 Å². The van der Waals surface area contributed by atoms with Crippen LogP contribution in [-0.4, -0.2) is 35.6 Å². The van der Waals surface area contributed by atoms with Gasteiger partial charge in [-0.3, -0.25) is 4.99 Å². The largest absolute Gasteiger partial charge is 0.356 e. The van der Waals surface area contributed by atoms with Gasteiger partial charge in [0.15, 0.2) is 5.96 Å². The van der Waals surface area contributed by atoms with Crippen molar-refractivity contribution in [3.05, 3.63) is 18.2 Å². The van der Waals surface area contributed by atoms with Gasteiger partial charge in [0.2, 0.25) is 0 Å². The quantitative estimate of drug-likeness (QED) is 0.252. The van der Waals surface area contributed by atoms with Gasteiger partial charge in [0.1, 0.15) is 5.82 Å². The van der Waals surface area contributed by atoms with Crippen molar-refractivity contribution in [3.8, 4) is 0 Å². The van der Waals surface area contributed by atoms with Crippen molar-refractivity contribution in [1.29, 1.82) is 0 Å². The third kappa shape index (κ3) is 8.92. The lowest BCUT2D eigenvalue weighted by molar-refractivity contribution is 0.332. The monoisotopic (exact) mass is 461 g/mol. The molecule has 1 aliphatic rings. The first-order valence-corrected chi connectivity index (χ1v) is 9.72. The molecule has 5 nitrogen and oxygen atoms in total. The topological polar surface area (TPSA) is 54.2 Å². The van der Waals surface area contributed by atoms with Gasteiger partial charge in [0, 0.05) is 39.1 Å². The molecule has 1 heterocycles. The third-order valence-corrected chi connectivity index (χ3v) is 5.07. The Kier molecular flexibility index (Phi) is 11.9. The van der Waals surface area contributed by atoms with Crippen molar-refractivity contribution in [3.63, 3.8) is 0 Å². The van der Waals surface area contributed by atoms with Gasteiger partial charge in [-0.15, -0.1) is 24.0 Å². The summed E-state index contributed by atoms with van der Waals surface area (Å²) in [6.45, 7) is 5.10. The molecule has 2 rings (SSSR count). The molecule has 1 aliphatic carbocycles. The van der Waals surface area contributed by atoms with E-state index in [9.17, 15) is 0 Å². The molecule has 0 saturated heterocycles. The van der Waals surface area contributed by atoms with E-state index >= 15 is 0 Å². The lowest BCUT2D eigenvalue weighted by atomic mass is 9.86. The van der Waals surface area contributed by atoms with Gasteiger partial charge >= 0.3 is 0 Å². The zero-order chi connectivity index (χ0) is 17.0. The summed E-state index contributed by atoms with van der Waals surface area (Å²) < 4.78 is 2.21. The molecule has 1 aromatic rings. The SMILES string of the molecule is CN=C(NCCCCn1ccnc1C)NCCCC1CCCCC1.I. The molecule has 0 unspecified atom stereocenters. The van der Waals surface area contributed by atoms with Crippen LogP contribution in [0, 0.1) is 12.8 Å². The Morgan fingerprint density at radius 2 is 1.88 bits per heavy atom. The highest BCUT2D eigenvalue weighted by Gasteiger charge is 2.12. The zero-order valence-corrected chi connectivity index (χ0v) is 18.3. The normalized spacial score (nSPS) is 15.7. The zero-order valence-electron chi connectivity index (χ0n) is 16.0. The second-order valence-electron chi connectivity index (χ2n) is 6.95. The predicted octanol–water partition coefficient (Wildman–Crippen LogP) is 4.12. The van der Waals surface area contributed by atoms with E-state index in [0.717, 1.165) is 50.2 Å². The summed E-state index contributed by atoms with van der Waals surface area (Å²) in [6, 6.07) is 0. The van der Waals surface area contributed by atoms with Gasteiger partial charge in [-0.2, -0.15) is 0 Å². The van der Waals surface area contributed by atoms with Crippen LogP contribution >= 0.6 is 24.0 Å². The van der Waals surface area contributed by atoms with E-state index in [1.54, 1.807) is 0 Å². The van der Waals surface area contributed by atoms with Crippen LogP contribution in [0.25, 0.3) is 0 Å². The number of nitrogens with one attached hydrogen (secondary N) is 2. The second-order valence-corrected chi connectivity index (χ2v) is 6.95. The van der Waals surface area contributed by atoms with Gasteiger partial charge in [-0.1, -0.05) is 32.1 Å². The predicted molar refractivity (Wildman–Crippen MR) is 117 cm³/mol. The Labute approximate surface area is 170 Å². The van der Waals surface area contributed by atoms with Crippen LogP contribution in [0.4, 0.5) is 0 Å². The molecule has 0 aliphatic heterocycles. The highest BCUT2D eigenvalue weighted by molar-refractivity contribution is 14.0. The van der Waals surface area contributed by atoms with Crippen LogP contribution in [0.15, 0.2) is 17.4 Å². The fourth-order valence-electron chi connectivity index (χ4n) is 3.55. The number of aliphatic imine (C=N–C) groups is 1. The molecule has 25 heavy (non-hydrogen) atoms. The molecule has 2 N–H and O–H groups in total. The molecule has 1 fully saturated rings. The Hall–Kier alpha value is -0.790. The minimum Gasteiger partial charge on any atom is -0.356 e. The van der Waals surface area contributed by atoms with Crippen LogP contribution in [-0.2, 0) is 6.54 Å². The van der Waals surface area contributed by atoms with E-state index in [1.807, 2.05) is 13.2 Å². The van der Waals surface area contributed by atoms with E-state index in [4.69, 9.17) is 0 Å². The Morgan fingerprint density at radius 3 is 2.52 bits per heavy atom. The van der Waals surface area contributed by atoms with Gasteiger partial charge in [0.05, 0.1) is 0 Å². The molecular weight excluding hydrogens is 425 g/mol. The van der Waals surface area contributed by atoms with Gasteiger partial charge in [-0.05, 0) is 38.5 Å². The third-order valence-electron chi connectivity index (χ3n) is 5.07. The van der Waals surface area contributed by atoms with Crippen molar-refractivity contribution >= 4 is 29.9 Å². The van der Waals surface area contributed by atoms with E-state index in [1.165, 1.54) is 44.9 Å². The number of rotatable bonds is 9. The number of hydrogen-bond acceptors (Lipinski definition) is 2. The number of nitrogens with zero attached hydrogens (tertiary/aromatic N) is 3. The summed E-state index contributed by atoms with van der Waals surface area (Å²) in [5, 5.41) is 6.86. The summed E-state index contributed by atoms with van der Waals surface area (Å²) in [4.78, 5) is 8.56. The molecule has 0 aromatic carbocycles. The molecule has 0 radical (unpaired) electrons. The van der Waals surface area contributed by atoms with E-state index < -0.39 is 0 Å². The fourth-order valence-corrected chi connectivity index (χ4v) is 3.55. The first kappa shape index (κ1) is 22.3. The fraction of sp³-hybridized carbons (Fsp3) is 0.789. The van der Waals surface area contributed by atoms with E-state index in [0.29, 0.717) is 0 Å². The number of halogens is 1. The minimum absolute atomic E-state index is 0. The van der Waals surface area contributed by atoms with Crippen LogP contribution in [0.3, 0.4) is 0 Å². The maximum Gasteiger partial charge on any atom is 0.190 e. The standard InChI is InChI=1S/C19H35N5.HI/c1-17-21-14-16-24(17)15-7-6-12-22-19(20-2)23-13-8-11-18-9-4-3-5-10-18;/h14,16,18H,3-13,15H2,1-2H3,(H2,20,22,23);1H. The van der Waals surface area contributed by atoms with Gasteiger partial charge in [0.25, 0.3) is 0 Å². The van der Waals surface area contributed by atoms with E-state index in [-0.39, 0.29) is 24.0 Å². The van der Waals surface area contributed by atoms with Crippen LogP contribution in [0.1, 0.15) is 63.6 Å². The first-order chi connectivity index (χ1) is 11.8. The molecule has 0 atom stereocenters. The molecular formula is C19H36IN5. The molecule has 6 heteroatoms. The maximum absolute atomic E-state index is 4.31. The van der Waals surface area contributed by atoms with E-state index in [2.05, 4.69) is 38.3 Å². The number of imidazole rings is 1. The Morgan fingerprint density at radius 1 is 1.16 bits per heavy atom. The lowest BCUT2D eigenvalue weighted by Gasteiger charge is -2.21. The average Bonchev–Trinajstić information content (AvgIpc) is 3.02. The van der Waals surface area contributed by atoms with Crippen molar-refractivity contribution in [1.82, 2.24) is 20.2 Å². The summed E-state index contributed by atoms with van der Waals surface area (Å²) in [6.07, 6.45) is 16.1. The number of hydrogen-bond donors (Lipinski definition) is 2. The Balaban J connectivity index is 0.00000312. The number of aryl methyl sites for hydroxylation is 2. The smallest absolute Gasteiger partial charge is 0.190 e. The molecule has 0 spiro atoms. The average molecular weight is 461 g/mol. The highest BCUT2D eigenvalue weighted by Crippen LogP contribution is 2.26. The molecule has 144 valence electrons. The molecule has 0 amide bonds. The molecule has 1 saturated carbocycles. The minimum atomic E-state index is 0. The summed E-state index contributed by atoms with van der Waals surface area (Å²) in [5.74, 6) is 3.01. The van der Waals surface area contributed by atoms with Crippen LogP contribution in [0.2, 0.25) is 0 Å². The molecule has 1 aromatic heterocycles. The molecule has 0 bridgehead atoms. The van der Waals surface area contributed by atoms with Crippen molar-refractivity contribution in [2.75, 3.05) is 20.1 Å². The summed E-state index contributed by atoms with van der Waals surface area (Å²) in [5.41, 5.74) is 0. The maximum atomic E-state index is 4.31. The van der Waals surface area contributed by atoms with Crippen LogP contribution in [0.5, 0.6) is 0 Å². The van der Waals surface area contributed by atoms with Crippen LogP contribution < -0.4 is 10.6 Å². The lowest BCUT2D eigenvalue weighted by Crippen LogP contribution is -2.38. The van der Waals surface area contributed by atoms with Gasteiger partial charge in [-0.25, -0.2) is 4.98 Å². The number of unbranched alkanes of at least 4 members (excludes halogenated alkanes) is 1. The van der Waals surface area contributed by atoms with Crippen molar-refractivity contribution in [2.24, 2.45) is 10.9 Å².